The monoisotopic (exact) mass is 336 g/mol. The Labute approximate surface area is 128 Å². The van der Waals surface area contributed by atoms with Gasteiger partial charge in [-0.15, -0.1) is 0 Å². The molecule has 1 aromatic heterocycles. The van der Waals surface area contributed by atoms with Crippen LogP contribution in [0.2, 0.25) is 0 Å². The van der Waals surface area contributed by atoms with Crippen molar-refractivity contribution < 1.29 is 0 Å². The molecular formula is C15H21BrN4. The number of nitrogens with two attached hydrogens (primary N) is 1. The summed E-state index contributed by atoms with van der Waals surface area (Å²) in [6.07, 6.45) is 3.70. The summed E-state index contributed by atoms with van der Waals surface area (Å²) < 4.78 is 3.09. The van der Waals surface area contributed by atoms with Crippen molar-refractivity contribution in [3.8, 4) is 0 Å². The van der Waals surface area contributed by atoms with Gasteiger partial charge in [-0.3, -0.25) is 16.0 Å². The minimum absolute atomic E-state index is 0.171. The maximum Gasteiger partial charge on any atom is 0.0640 e. The lowest BCUT2D eigenvalue weighted by atomic mass is 10.0. The third-order valence-electron chi connectivity index (χ3n) is 3.31. The fourth-order valence-corrected chi connectivity index (χ4v) is 2.59. The van der Waals surface area contributed by atoms with Crippen molar-refractivity contribution in [2.75, 3.05) is 0 Å². The van der Waals surface area contributed by atoms with E-state index in [4.69, 9.17) is 5.84 Å². The molecule has 0 bridgehead atoms. The molecule has 3 N–H and O–H groups in total. The quantitative estimate of drug-likeness (QED) is 0.630. The molecule has 0 saturated heterocycles. The van der Waals surface area contributed by atoms with Crippen LogP contribution in [0.15, 0.2) is 41.0 Å². The topological polar surface area (TPSA) is 55.9 Å². The molecule has 0 amide bonds. The van der Waals surface area contributed by atoms with Gasteiger partial charge in [0.25, 0.3) is 0 Å². The Bertz CT molecular complexity index is 550. The van der Waals surface area contributed by atoms with Crippen molar-refractivity contribution in [3.05, 3.63) is 52.3 Å². The first kappa shape index (κ1) is 15.2. The molecule has 1 unspecified atom stereocenters. The van der Waals surface area contributed by atoms with Gasteiger partial charge >= 0.3 is 0 Å². The number of halogens is 1. The lowest BCUT2D eigenvalue weighted by Crippen LogP contribution is -2.38. The van der Waals surface area contributed by atoms with Gasteiger partial charge in [0.05, 0.1) is 5.69 Å². The highest BCUT2D eigenvalue weighted by Crippen LogP contribution is 2.18. The largest absolute Gasteiger partial charge is 0.271 e. The average Bonchev–Trinajstić information content (AvgIpc) is 2.89. The average molecular weight is 337 g/mol. The van der Waals surface area contributed by atoms with Gasteiger partial charge in [0, 0.05) is 29.2 Å². The molecule has 5 heteroatoms. The summed E-state index contributed by atoms with van der Waals surface area (Å²) in [4.78, 5) is 0. The van der Waals surface area contributed by atoms with Crippen LogP contribution in [-0.2, 0) is 12.8 Å². The molecule has 0 radical (unpaired) electrons. The Kier molecular flexibility index (Phi) is 5.34. The number of nitrogens with zero attached hydrogens (tertiary/aromatic N) is 2. The van der Waals surface area contributed by atoms with E-state index in [0.29, 0.717) is 6.04 Å². The third-order valence-corrected chi connectivity index (χ3v) is 4.08. The molecule has 4 nitrogen and oxygen atoms in total. The van der Waals surface area contributed by atoms with Crippen LogP contribution in [0.25, 0.3) is 0 Å². The fourth-order valence-electron chi connectivity index (χ4n) is 2.15. The van der Waals surface area contributed by atoms with Crippen LogP contribution in [-0.4, -0.2) is 15.8 Å². The Morgan fingerprint density at radius 1 is 1.25 bits per heavy atom. The van der Waals surface area contributed by atoms with Crippen molar-refractivity contribution in [1.82, 2.24) is 15.2 Å². The molecule has 20 heavy (non-hydrogen) atoms. The second kappa shape index (κ2) is 7.02. The van der Waals surface area contributed by atoms with Crippen molar-refractivity contribution in [2.24, 2.45) is 5.84 Å². The molecule has 1 atom stereocenters. The standard InChI is InChI=1S/C15H21BrN4/c1-11(2)20-8-7-13(19-20)10-14(18-17)9-12-5-3-4-6-15(12)16/h3-8,11,14,18H,9-10,17H2,1-2H3. The van der Waals surface area contributed by atoms with Crippen LogP contribution in [0, 0.1) is 0 Å². The molecule has 108 valence electrons. The van der Waals surface area contributed by atoms with E-state index in [2.05, 4.69) is 58.5 Å². The van der Waals surface area contributed by atoms with Crippen molar-refractivity contribution in [1.29, 1.82) is 0 Å². The second-order valence-corrected chi connectivity index (χ2v) is 6.10. The zero-order valence-corrected chi connectivity index (χ0v) is 13.5. The summed E-state index contributed by atoms with van der Waals surface area (Å²) in [5.41, 5.74) is 5.21. The number of nitrogens with one attached hydrogen (secondary N) is 1. The van der Waals surface area contributed by atoms with E-state index < -0.39 is 0 Å². The molecule has 2 aromatic rings. The number of benzene rings is 1. The molecule has 0 fully saturated rings. The predicted octanol–water partition coefficient (Wildman–Crippen LogP) is 2.84. The van der Waals surface area contributed by atoms with Gasteiger partial charge in [0.15, 0.2) is 0 Å². The smallest absolute Gasteiger partial charge is 0.0640 e. The highest BCUT2D eigenvalue weighted by atomic mass is 79.9. The van der Waals surface area contributed by atoms with Crippen LogP contribution < -0.4 is 11.3 Å². The highest BCUT2D eigenvalue weighted by Gasteiger charge is 2.13. The molecule has 1 aromatic carbocycles. The van der Waals surface area contributed by atoms with Gasteiger partial charge in [-0.2, -0.15) is 5.10 Å². The zero-order chi connectivity index (χ0) is 14.5. The summed E-state index contributed by atoms with van der Waals surface area (Å²) in [5.74, 6) is 5.69. The second-order valence-electron chi connectivity index (χ2n) is 5.24. The van der Waals surface area contributed by atoms with E-state index in [1.807, 2.05) is 23.0 Å². The van der Waals surface area contributed by atoms with Crippen LogP contribution in [0.4, 0.5) is 0 Å². The lowest BCUT2D eigenvalue weighted by Gasteiger charge is -2.15. The van der Waals surface area contributed by atoms with Crippen molar-refractivity contribution in [3.63, 3.8) is 0 Å². The minimum Gasteiger partial charge on any atom is -0.271 e. The normalized spacial score (nSPS) is 12.8. The predicted molar refractivity (Wildman–Crippen MR) is 85.3 cm³/mol. The Balaban J connectivity index is 2.03. The molecule has 1 heterocycles. The maximum absolute atomic E-state index is 5.69. The van der Waals surface area contributed by atoms with Gasteiger partial charge in [0.1, 0.15) is 0 Å². The first-order valence-corrected chi connectivity index (χ1v) is 7.63. The van der Waals surface area contributed by atoms with Crippen LogP contribution in [0.5, 0.6) is 0 Å². The van der Waals surface area contributed by atoms with Crippen molar-refractivity contribution >= 4 is 15.9 Å². The van der Waals surface area contributed by atoms with Gasteiger partial charge in [-0.25, -0.2) is 0 Å². The van der Waals surface area contributed by atoms with Crippen molar-refractivity contribution in [2.45, 2.75) is 38.8 Å². The van der Waals surface area contributed by atoms with E-state index in [-0.39, 0.29) is 6.04 Å². The van der Waals surface area contributed by atoms with E-state index in [9.17, 15) is 0 Å². The molecular weight excluding hydrogens is 316 g/mol. The molecule has 0 aliphatic heterocycles. The zero-order valence-electron chi connectivity index (χ0n) is 11.9. The first-order valence-electron chi connectivity index (χ1n) is 6.83. The summed E-state index contributed by atoms with van der Waals surface area (Å²) in [6, 6.07) is 10.8. The Morgan fingerprint density at radius 2 is 2.00 bits per heavy atom. The van der Waals surface area contributed by atoms with Gasteiger partial charge < -0.3 is 0 Å². The van der Waals surface area contributed by atoms with Crippen LogP contribution >= 0.6 is 15.9 Å². The van der Waals surface area contributed by atoms with E-state index >= 15 is 0 Å². The van der Waals surface area contributed by atoms with Crippen LogP contribution in [0.1, 0.15) is 31.1 Å². The van der Waals surface area contributed by atoms with Crippen LogP contribution in [0.3, 0.4) is 0 Å². The SMILES string of the molecule is CC(C)n1ccc(CC(Cc2ccccc2Br)NN)n1. The molecule has 0 aliphatic rings. The highest BCUT2D eigenvalue weighted by molar-refractivity contribution is 9.10. The number of hydrogen-bond acceptors (Lipinski definition) is 3. The molecule has 2 rings (SSSR count). The van der Waals surface area contributed by atoms with E-state index in [1.54, 1.807) is 0 Å². The maximum atomic E-state index is 5.69. The van der Waals surface area contributed by atoms with Gasteiger partial charge in [-0.05, 0) is 38.0 Å². The molecule has 0 saturated carbocycles. The van der Waals surface area contributed by atoms with E-state index in [0.717, 1.165) is 23.0 Å². The van der Waals surface area contributed by atoms with Gasteiger partial charge in [-0.1, -0.05) is 34.1 Å². The Hall–Kier alpha value is -1.17. The van der Waals surface area contributed by atoms with E-state index in [1.165, 1.54) is 5.56 Å². The summed E-state index contributed by atoms with van der Waals surface area (Å²) >= 11 is 3.57. The fraction of sp³-hybridized carbons (Fsp3) is 0.400. The molecule has 0 aliphatic carbocycles. The number of aromatic nitrogens is 2. The first-order chi connectivity index (χ1) is 9.60. The number of hydrogen-bond donors (Lipinski definition) is 2. The third kappa shape index (κ3) is 3.91. The number of rotatable bonds is 6. The van der Waals surface area contributed by atoms with Gasteiger partial charge in [0.2, 0.25) is 0 Å². The lowest BCUT2D eigenvalue weighted by molar-refractivity contribution is 0.494. The summed E-state index contributed by atoms with van der Waals surface area (Å²) in [7, 11) is 0. The number of hydrazine groups is 1. The summed E-state index contributed by atoms with van der Waals surface area (Å²) in [6.45, 7) is 4.24. The Morgan fingerprint density at radius 3 is 2.60 bits per heavy atom. The summed E-state index contributed by atoms with van der Waals surface area (Å²) in [5, 5.41) is 4.57. The minimum atomic E-state index is 0.171. The molecule has 0 spiro atoms.